The summed E-state index contributed by atoms with van der Waals surface area (Å²) in [5, 5.41) is 1.81. The summed E-state index contributed by atoms with van der Waals surface area (Å²) in [7, 11) is 0. The number of benzene rings is 1. The Kier molecular flexibility index (Phi) is 5.42. The van der Waals surface area contributed by atoms with Gasteiger partial charge in [0, 0.05) is 4.90 Å². The van der Waals surface area contributed by atoms with Gasteiger partial charge in [0.2, 0.25) is 5.91 Å². The molecule has 0 radical (unpaired) electrons. The summed E-state index contributed by atoms with van der Waals surface area (Å²) >= 11 is 1.45. The minimum Gasteiger partial charge on any atom is -0.351 e. The van der Waals surface area contributed by atoms with Gasteiger partial charge in [0.05, 0.1) is 5.25 Å². The molecule has 5 heteroatoms. The van der Waals surface area contributed by atoms with E-state index in [9.17, 15) is 9.59 Å². The maximum atomic E-state index is 11.9. The normalized spacial score (nSPS) is 12.3. The van der Waals surface area contributed by atoms with Crippen molar-refractivity contribution >= 4 is 23.7 Å². The Labute approximate surface area is 118 Å². The average molecular weight is 280 g/mol. The molecular formula is C14H20N2O2S. The predicted octanol–water partition coefficient (Wildman–Crippen LogP) is 2.62. The lowest BCUT2D eigenvalue weighted by Gasteiger charge is -2.19. The molecule has 0 aliphatic heterocycles. The van der Waals surface area contributed by atoms with Gasteiger partial charge in [0.15, 0.2) is 0 Å². The zero-order valence-electron chi connectivity index (χ0n) is 11.7. The molecule has 0 saturated heterocycles. The maximum absolute atomic E-state index is 11.9. The fraction of sp³-hybridized carbons (Fsp3) is 0.429. The number of urea groups is 1. The molecular weight excluding hydrogens is 260 g/mol. The Morgan fingerprint density at radius 2 is 1.84 bits per heavy atom. The Bertz CT molecular complexity index is 486. The number of aryl methyl sites for hydroxylation is 2. The molecule has 0 unspecified atom stereocenters. The van der Waals surface area contributed by atoms with Gasteiger partial charge in [-0.25, -0.2) is 4.79 Å². The first-order valence-corrected chi connectivity index (χ1v) is 7.03. The van der Waals surface area contributed by atoms with Crippen LogP contribution in [0.3, 0.4) is 0 Å². The molecule has 0 aromatic heterocycles. The number of hydrogen-bond acceptors (Lipinski definition) is 3. The lowest BCUT2D eigenvalue weighted by atomic mass is 10.1. The molecule has 1 atom stereocenters. The van der Waals surface area contributed by atoms with Crippen molar-refractivity contribution in [1.82, 2.24) is 5.32 Å². The van der Waals surface area contributed by atoms with Gasteiger partial charge in [0.25, 0.3) is 0 Å². The first kappa shape index (κ1) is 15.6. The minimum absolute atomic E-state index is 0.103. The topological polar surface area (TPSA) is 72.2 Å². The molecule has 3 N–H and O–H groups in total. The summed E-state index contributed by atoms with van der Waals surface area (Å²) in [6.45, 7) is 7.97. The molecule has 4 nitrogen and oxygen atoms in total. The molecule has 0 aliphatic carbocycles. The van der Waals surface area contributed by atoms with Crippen molar-refractivity contribution in [3.8, 4) is 0 Å². The average Bonchev–Trinajstić information content (AvgIpc) is 2.29. The fourth-order valence-corrected chi connectivity index (χ4v) is 2.74. The van der Waals surface area contributed by atoms with E-state index in [0.29, 0.717) is 0 Å². The second kappa shape index (κ2) is 6.61. The number of nitrogens with one attached hydrogen (secondary N) is 1. The van der Waals surface area contributed by atoms with Crippen molar-refractivity contribution in [2.75, 3.05) is 0 Å². The van der Waals surface area contributed by atoms with Gasteiger partial charge < -0.3 is 5.73 Å². The number of hydrogen-bond donors (Lipinski definition) is 2. The van der Waals surface area contributed by atoms with Gasteiger partial charge in [-0.3, -0.25) is 10.1 Å². The van der Waals surface area contributed by atoms with E-state index in [0.717, 1.165) is 4.90 Å². The molecule has 0 fully saturated rings. The highest BCUT2D eigenvalue weighted by Crippen LogP contribution is 2.29. The number of rotatable bonds is 4. The highest BCUT2D eigenvalue weighted by molar-refractivity contribution is 8.00. The van der Waals surface area contributed by atoms with Crippen LogP contribution in [0.5, 0.6) is 0 Å². The molecule has 0 spiro atoms. The zero-order valence-corrected chi connectivity index (χ0v) is 12.5. The Morgan fingerprint density at radius 3 is 2.32 bits per heavy atom. The van der Waals surface area contributed by atoms with Crippen LogP contribution >= 0.6 is 11.8 Å². The Morgan fingerprint density at radius 1 is 1.21 bits per heavy atom. The molecule has 0 aliphatic rings. The Hall–Kier alpha value is -1.49. The highest BCUT2D eigenvalue weighted by atomic mass is 32.2. The fourth-order valence-electron chi connectivity index (χ4n) is 1.62. The number of carbonyl (C=O) groups excluding carboxylic acids is 2. The number of thioether (sulfide) groups is 1. The van der Waals surface area contributed by atoms with E-state index < -0.39 is 6.03 Å². The monoisotopic (exact) mass is 280 g/mol. The number of carbonyl (C=O) groups is 2. The highest BCUT2D eigenvalue weighted by Gasteiger charge is 2.24. The molecule has 0 saturated carbocycles. The molecule has 0 bridgehead atoms. The summed E-state index contributed by atoms with van der Waals surface area (Å²) in [5.41, 5.74) is 7.39. The summed E-state index contributed by atoms with van der Waals surface area (Å²) < 4.78 is 0. The number of primary amides is 1. The summed E-state index contributed by atoms with van der Waals surface area (Å²) in [6.07, 6.45) is 0. The van der Waals surface area contributed by atoms with Crippen molar-refractivity contribution in [3.05, 3.63) is 29.3 Å². The molecule has 104 valence electrons. The SMILES string of the molecule is Cc1ccc(S[C@H](C(=O)NC(N)=O)C(C)C)cc1C. The van der Waals surface area contributed by atoms with E-state index in [1.807, 2.05) is 45.9 Å². The molecule has 1 aromatic rings. The van der Waals surface area contributed by atoms with Crippen molar-refractivity contribution in [2.24, 2.45) is 11.7 Å². The van der Waals surface area contributed by atoms with E-state index in [-0.39, 0.29) is 17.1 Å². The van der Waals surface area contributed by atoms with Crippen LogP contribution in [0, 0.1) is 19.8 Å². The van der Waals surface area contributed by atoms with Gasteiger partial charge in [-0.05, 0) is 43.0 Å². The van der Waals surface area contributed by atoms with Crippen LogP contribution in [0.15, 0.2) is 23.1 Å². The largest absolute Gasteiger partial charge is 0.351 e. The van der Waals surface area contributed by atoms with Crippen molar-refractivity contribution in [2.45, 2.75) is 37.8 Å². The standard InChI is InChI=1S/C14H20N2O2S/c1-8(2)12(13(17)16-14(15)18)19-11-6-5-9(3)10(4)7-11/h5-8,12H,1-4H3,(H3,15,16,17,18)/t12-/m0/s1. The lowest BCUT2D eigenvalue weighted by molar-refractivity contribution is -0.120. The first-order valence-electron chi connectivity index (χ1n) is 6.15. The molecule has 1 aromatic carbocycles. The third-order valence-electron chi connectivity index (χ3n) is 2.85. The van der Waals surface area contributed by atoms with Gasteiger partial charge in [-0.2, -0.15) is 0 Å². The van der Waals surface area contributed by atoms with E-state index in [2.05, 4.69) is 5.32 Å². The smallest absolute Gasteiger partial charge is 0.318 e. The molecule has 19 heavy (non-hydrogen) atoms. The Balaban J connectivity index is 2.86. The number of nitrogens with two attached hydrogens (primary N) is 1. The van der Waals surface area contributed by atoms with Crippen LogP contribution in [0.2, 0.25) is 0 Å². The number of amides is 3. The minimum atomic E-state index is -0.809. The predicted molar refractivity (Wildman–Crippen MR) is 78.1 cm³/mol. The third-order valence-corrected chi connectivity index (χ3v) is 4.39. The van der Waals surface area contributed by atoms with Crippen molar-refractivity contribution in [3.63, 3.8) is 0 Å². The second-order valence-electron chi connectivity index (χ2n) is 4.88. The van der Waals surface area contributed by atoms with E-state index in [1.165, 1.54) is 22.9 Å². The quantitative estimate of drug-likeness (QED) is 0.833. The lowest BCUT2D eigenvalue weighted by Crippen LogP contribution is -2.42. The molecule has 1 rings (SSSR count). The second-order valence-corrected chi connectivity index (χ2v) is 6.10. The van der Waals surface area contributed by atoms with Gasteiger partial charge in [0.1, 0.15) is 0 Å². The first-order chi connectivity index (χ1) is 8.81. The van der Waals surface area contributed by atoms with Crippen LogP contribution < -0.4 is 11.1 Å². The van der Waals surface area contributed by atoms with Gasteiger partial charge in [-0.1, -0.05) is 19.9 Å². The van der Waals surface area contributed by atoms with Crippen LogP contribution in [0.1, 0.15) is 25.0 Å². The third kappa shape index (κ3) is 4.59. The van der Waals surface area contributed by atoms with E-state index in [1.54, 1.807) is 0 Å². The molecule has 3 amide bonds. The summed E-state index contributed by atoms with van der Waals surface area (Å²) in [6, 6.07) is 5.25. The van der Waals surface area contributed by atoms with Gasteiger partial charge >= 0.3 is 6.03 Å². The molecule has 0 heterocycles. The van der Waals surface area contributed by atoms with Crippen molar-refractivity contribution in [1.29, 1.82) is 0 Å². The van der Waals surface area contributed by atoms with Crippen LogP contribution in [-0.2, 0) is 4.79 Å². The van der Waals surface area contributed by atoms with Crippen molar-refractivity contribution < 1.29 is 9.59 Å². The zero-order chi connectivity index (χ0) is 14.6. The summed E-state index contributed by atoms with van der Waals surface area (Å²) in [4.78, 5) is 23.7. The van der Waals surface area contributed by atoms with E-state index >= 15 is 0 Å². The maximum Gasteiger partial charge on any atom is 0.318 e. The van der Waals surface area contributed by atoms with Crippen LogP contribution in [-0.4, -0.2) is 17.2 Å². The van der Waals surface area contributed by atoms with Crippen LogP contribution in [0.25, 0.3) is 0 Å². The number of imide groups is 1. The van der Waals surface area contributed by atoms with Gasteiger partial charge in [-0.15, -0.1) is 11.8 Å². The van der Waals surface area contributed by atoms with E-state index in [4.69, 9.17) is 5.73 Å². The summed E-state index contributed by atoms with van der Waals surface area (Å²) in [5.74, 6) is -0.239. The van der Waals surface area contributed by atoms with Crippen LogP contribution in [0.4, 0.5) is 4.79 Å².